The van der Waals surface area contributed by atoms with Crippen molar-refractivity contribution in [1.82, 2.24) is 10.2 Å². The first-order valence-electron chi connectivity index (χ1n) is 4.71. The number of carbonyl (C=O) groups is 3. The number of amides is 2. The van der Waals surface area contributed by atoms with Gasteiger partial charge in [-0.15, -0.1) is 0 Å². The van der Waals surface area contributed by atoms with Crippen LogP contribution in [0.4, 0.5) is 4.79 Å². The van der Waals surface area contributed by atoms with E-state index in [-0.39, 0.29) is 13.1 Å². The molecule has 0 aliphatic carbocycles. The van der Waals surface area contributed by atoms with Crippen LogP contribution in [0.2, 0.25) is 0 Å². The molecule has 0 rings (SSSR count). The van der Waals surface area contributed by atoms with Gasteiger partial charge in [-0.2, -0.15) is 0 Å². The van der Waals surface area contributed by atoms with Crippen molar-refractivity contribution in [3.05, 3.63) is 0 Å². The third-order valence-corrected chi connectivity index (χ3v) is 1.54. The van der Waals surface area contributed by atoms with Crippen LogP contribution in [0.1, 0.15) is 6.92 Å². The average Bonchev–Trinajstić information content (AvgIpc) is 2.16. The third-order valence-electron chi connectivity index (χ3n) is 1.54. The van der Waals surface area contributed by atoms with E-state index in [4.69, 9.17) is 4.74 Å². The van der Waals surface area contributed by atoms with E-state index >= 15 is 0 Å². The van der Waals surface area contributed by atoms with Crippen molar-refractivity contribution in [2.45, 2.75) is 6.92 Å². The van der Waals surface area contributed by atoms with Crippen molar-refractivity contribution in [3.8, 4) is 0 Å². The fraction of sp³-hybridized carbons (Fsp3) is 0.667. The summed E-state index contributed by atoms with van der Waals surface area (Å²) in [5, 5.41) is 1.97. The molecule has 0 heterocycles. The first-order chi connectivity index (χ1) is 7.49. The largest absolute Gasteiger partial charge is 0.465 e. The first kappa shape index (κ1) is 14.4. The SMILES string of the molecule is CCOC(=O)CN(C)CC(=O)NC(=O)OC. The number of nitrogens with zero attached hydrogens (tertiary/aromatic N) is 1. The Labute approximate surface area is 93.7 Å². The fourth-order valence-electron chi connectivity index (χ4n) is 0.932. The van der Waals surface area contributed by atoms with Crippen molar-refractivity contribution >= 4 is 18.0 Å². The second-order valence-electron chi connectivity index (χ2n) is 3.02. The topological polar surface area (TPSA) is 84.9 Å². The molecule has 0 saturated heterocycles. The molecule has 0 bridgehead atoms. The van der Waals surface area contributed by atoms with E-state index in [0.29, 0.717) is 6.61 Å². The van der Waals surface area contributed by atoms with Crippen molar-refractivity contribution in [2.24, 2.45) is 0 Å². The van der Waals surface area contributed by atoms with Gasteiger partial charge in [-0.05, 0) is 14.0 Å². The Morgan fingerprint density at radius 3 is 2.38 bits per heavy atom. The molecule has 1 N–H and O–H groups in total. The molecule has 0 spiro atoms. The molecule has 16 heavy (non-hydrogen) atoms. The maximum Gasteiger partial charge on any atom is 0.413 e. The van der Waals surface area contributed by atoms with Gasteiger partial charge >= 0.3 is 12.1 Å². The van der Waals surface area contributed by atoms with Crippen LogP contribution in [0.15, 0.2) is 0 Å². The quantitative estimate of drug-likeness (QED) is 0.635. The maximum absolute atomic E-state index is 11.2. The van der Waals surface area contributed by atoms with Gasteiger partial charge in [-0.3, -0.25) is 19.8 Å². The summed E-state index contributed by atoms with van der Waals surface area (Å²) in [4.78, 5) is 34.3. The number of nitrogens with one attached hydrogen (secondary N) is 1. The number of ether oxygens (including phenoxy) is 2. The van der Waals surface area contributed by atoms with Crippen LogP contribution in [0.3, 0.4) is 0 Å². The van der Waals surface area contributed by atoms with E-state index in [1.165, 1.54) is 4.90 Å². The van der Waals surface area contributed by atoms with E-state index in [1.807, 2.05) is 5.32 Å². The molecule has 0 aromatic rings. The third kappa shape index (κ3) is 6.77. The highest BCUT2D eigenvalue weighted by Gasteiger charge is 2.13. The van der Waals surface area contributed by atoms with Crippen molar-refractivity contribution in [2.75, 3.05) is 33.9 Å². The van der Waals surface area contributed by atoms with Gasteiger partial charge in [0, 0.05) is 0 Å². The summed E-state index contributed by atoms with van der Waals surface area (Å²) >= 11 is 0. The molecule has 7 nitrogen and oxygen atoms in total. The summed E-state index contributed by atoms with van der Waals surface area (Å²) in [5.41, 5.74) is 0. The van der Waals surface area contributed by atoms with Gasteiger partial charge < -0.3 is 9.47 Å². The molecule has 92 valence electrons. The van der Waals surface area contributed by atoms with Crippen LogP contribution < -0.4 is 5.32 Å². The fourth-order valence-corrected chi connectivity index (χ4v) is 0.932. The summed E-state index contributed by atoms with van der Waals surface area (Å²) in [6.07, 6.45) is -0.825. The molecule has 0 radical (unpaired) electrons. The number of likely N-dealkylation sites (N-methyl/N-ethyl adjacent to an activating group) is 1. The molecule has 0 aliphatic heterocycles. The lowest BCUT2D eigenvalue weighted by molar-refractivity contribution is -0.144. The van der Waals surface area contributed by atoms with Gasteiger partial charge in [-0.25, -0.2) is 4.79 Å². The van der Waals surface area contributed by atoms with E-state index in [1.54, 1.807) is 14.0 Å². The minimum absolute atomic E-state index is 0.0115. The molecule has 0 saturated carbocycles. The molecular weight excluding hydrogens is 216 g/mol. The second-order valence-corrected chi connectivity index (χ2v) is 3.02. The molecule has 0 unspecified atom stereocenters. The number of hydrogen-bond acceptors (Lipinski definition) is 6. The summed E-state index contributed by atoms with van der Waals surface area (Å²) in [6, 6.07) is 0. The molecule has 2 amide bonds. The summed E-state index contributed by atoms with van der Waals surface area (Å²) in [5.74, 6) is -0.963. The lowest BCUT2D eigenvalue weighted by Gasteiger charge is -2.14. The monoisotopic (exact) mass is 232 g/mol. The number of alkyl carbamates (subject to hydrolysis) is 1. The number of carbonyl (C=O) groups excluding carboxylic acids is 3. The lowest BCUT2D eigenvalue weighted by Crippen LogP contribution is -2.40. The molecule has 0 fully saturated rings. The van der Waals surface area contributed by atoms with E-state index in [0.717, 1.165) is 7.11 Å². The van der Waals surface area contributed by atoms with E-state index in [2.05, 4.69) is 4.74 Å². The minimum atomic E-state index is -0.825. The van der Waals surface area contributed by atoms with Crippen LogP contribution in [0, 0.1) is 0 Å². The normalized spacial score (nSPS) is 9.75. The number of methoxy groups -OCH3 is 1. The Morgan fingerprint density at radius 2 is 1.88 bits per heavy atom. The maximum atomic E-state index is 11.2. The molecule has 0 atom stereocenters. The Morgan fingerprint density at radius 1 is 1.25 bits per heavy atom. The Hall–Kier alpha value is -1.63. The average molecular weight is 232 g/mol. The van der Waals surface area contributed by atoms with Crippen LogP contribution in [-0.2, 0) is 19.1 Å². The lowest BCUT2D eigenvalue weighted by atomic mass is 10.5. The van der Waals surface area contributed by atoms with Gasteiger partial charge in [0.15, 0.2) is 0 Å². The number of esters is 1. The standard InChI is InChI=1S/C9H16N2O5/c1-4-16-8(13)6-11(2)5-7(12)10-9(14)15-3/h4-6H2,1-3H3,(H,10,12,14). The summed E-state index contributed by atoms with van der Waals surface area (Å²) in [7, 11) is 2.72. The zero-order valence-corrected chi connectivity index (χ0v) is 9.61. The molecule has 0 aromatic heterocycles. The van der Waals surface area contributed by atoms with Gasteiger partial charge in [-0.1, -0.05) is 0 Å². The van der Waals surface area contributed by atoms with Crippen molar-refractivity contribution < 1.29 is 23.9 Å². The zero-order valence-electron chi connectivity index (χ0n) is 9.61. The van der Waals surface area contributed by atoms with Gasteiger partial charge in [0.25, 0.3) is 0 Å². The smallest absolute Gasteiger partial charge is 0.413 e. The predicted octanol–water partition coefficient (Wildman–Crippen LogP) is -0.636. The highest BCUT2D eigenvalue weighted by molar-refractivity contribution is 5.92. The summed E-state index contributed by atoms with van der Waals surface area (Å²) in [6.45, 7) is 1.89. The predicted molar refractivity (Wildman–Crippen MR) is 54.7 cm³/mol. The Kier molecular flexibility index (Phi) is 6.86. The van der Waals surface area contributed by atoms with Crippen LogP contribution in [0.25, 0.3) is 0 Å². The highest BCUT2D eigenvalue weighted by Crippen LogP contribution is 1.86. The van der Waals surface area contributed by atoms with Crippen molar-refractivity contribution in [3.63, 3.8) is 0 Å². The number of hydrogen-bond donors (Lipinski definition) is 1. The summed E-state index contributed by atoms with van der Waals surface area (Å²) < 4.78 is 8.93. The van der Waals surface area contributed by atoms with Crippen LogP contribution >= 0.6 is 0 Å². The minimum Gasteiger partial charge on any atom is -0.465 e. The molecule has 0 aromatic carbocycles. The Balaban J connectivity index is 3.86. The van der Waals surface area contributed by atoms with Crippen molar-refractivity contribution in [1.29, 1.82) is 0 Å². The number of rotatable bonds is 5. The van der Waals surface area contributed by atoms with Gasteiger partial charge in [0.05, 0.1) is 26.8 Å². The second kappa shape index (κ2) is 7.63. The Bertz CT molecular complexity index is 267. The molecule has 7 heteroatoms. The van der Waals surface area contributed by atoms with E-state index in [9.17, 15) is 14.4 Å². The first-order valence-corrected chi connectivity index (χ1v) is 4.71. The highest BCUT2D eigenvalue weighted by atomic mass is 16.5. The van der Waals surface area contributed by atoms with E-state index < -0.39 is 18.0 Å². The van der Waals surface area contributed by atoms with Crippen LogP contribution in [-0.4, -0.2) is 56.7 Å². The van der Waals surface area contributed by atoms with Crippen LogP contribution in [0.5, 0.6) is 0 Å². The van der Waals surface area contributed by atoms with Gasteiger partial charge in [0.1, 0.15) is 0 Å². The number of imide groups is 1. The van der Waals surface area contributed by atoms with Gasteiger partial charge in [0.2, 0.25) is 5.91 Å². The molecule has 0 aliphatic rings. The molecular formula is C9H16N2O5. The zero-order chi connectivity index (χ0) is 12.6.